The Bertz CT molecular complexity index is 339. The van der Waals surface area contributed by atoms with Crippen LogP contribution in [0.2, 0.25) is 0 Å². The van der Waals surface area contributed by atoms with Gasteiger partial charge in [0.2, 0.25) is 0 Å². The monoisotopic (exact) mass is 204 g/mol. The zero-order valence-electron chi connectivity index (χ0n) is 7.63. The zero-order chi connectivity index (χ0) is 9.30. The van der Waals surface area contributed by atoms with E-state index in [1.54, 1.807) is 6.92 Å². The van der Waals surface area contributed by atoms with Crippen molar-refractivity contribution in [1.29, 1.82) is 0 Å². The van der Waals surface area contributed by atoms with E-state index >= 15 is 0 Å². The topological polar surface area (TPSA) is 92.2 Å². The number of carboxylic acid groups (broad SMARTS) is 1. The Morgan fingerprint density at radius 2 is 1.92 bits per heavy atom. The molecule has 0 saturated heterocycles. The summed E-state index contributed by atoms with van der Waals surface area (Å²) in [6.45, 7) is 1.61. The molecule has 0 amide bonds. The van der Waals surface area contributed by atoms with Crippen molar-refractivity contribution in [2.24, 2.45) is 0 Å². The van der Waals surface area contributed by atoms with E-state index in [4.69, 9.17) is 11.5 Å². The van der Waals surface area contributed by atoms with Crippen LogP contribution in [0.25, 0.3) is 0 Å². The van der Waals surface area contributed by atoms with Crippen molar-refractivity contribution in [2.45, 2.75) is 6.92 Å². The number of aromatic carboxylic acids is 1. The number of carbonyl (C=O) groups excluding carboxylic acids is 1. The summed E-state index contributed by atoms with van der Waals surface area (Å²) in [5.74, 6) is -1.26. The minimum absolute atomic E-state index is 0. The van der Waals surface area contributed by atoms with Crippen LogP contribution in [0.4, 0.5) is 11.4 Å². The summed E-state index contributed by atoms with van der Waals surface area (Å²) in [6, 6.07) is 2.85. The number of nitrogens with two attached hydrogens (primary N) is 2. The maximum atomic E-state index is 10.5. The summed E-state index contributed by atoms with van der Waals surface area (Å²) < 4.78 is 0. The van der Waals surface area contributed by atoms with Gasteiger partial charge < -0.3 is 21.4 Å². The molecule has 0 fully saturated rings. The quantitative estimate of drug-likeness (QED) is 0.367. The third-order valence-electron chi connectivity index (χ3n) is 1.69. The van der Waals surface area contributed by atoms with Crippen molar-refractivity contribution in [3.8, 4) is 0 Å². The standard InChI is InChI=1S/C8H10N2O2.K/c1-4-6(8(11)12)2-5(9)3-7(4)10;/h2-3H,9-10H2,1H3,(H,11,12);/q;+1/p-1. The number of carboxylic acids is 1. The molecule has 64 valence electrons. The molecular formula is C8H9KN2O2. The third kappa shape index (κ3) is 2.96. The fourth-order valence-corrected chi connectivity index (χ4v) is 0.972. The maximum absolute atomic E-state index is 10.5. The van der Waals surface area contributed by atoms with Crippen LogP contribution in [0.15, 0.2) is 12.1 Å². The number of carbonyl (C=O) groups is 1. The fourth-order valence-electron chi connectivity index (χ4n) is 0.972. The Morgan fingerprint density at radius 1 is 1.38 bits per heavy atom. The molecule has 0 aliphatic carbocycles. The molecule has 0 aromatic heterocycles. The summed E-state index contributed by atoms with van der Waals surface area (Å²) in [6.07, 6.45) is 0. The molecule has 5 heteroatoms. The van der Waals surface area contributed by atoms with Crippen LogP contribution in [0, 0.1) is 6.92 Å². The average molecular weight is 204 g/mol. The van der Waals surface area contributed by atoms with Crippen molar-refractivity contribution in [2.75, 3.05) is 11.5 Å². The van der Waals surface area contributed by atoms with Crippen LogP contribution in [-0.4, -0.2) is 5.97 Å². The molecule has 0 radical (unpaired) electrons. The van der Waals surface area contributed by atoms with E-state index < -0.39 is 5.97 Å². The Hall–Kier alpha value is -0.0736. The first-order valence-electron chi connectivity index (χ1n) is 3.39. The van der Waals surface area contributed by atoms with Gasteiger partial charge in [-0.3, -0.25) is 0 Å². The smallest absolute Gasteiger partial charge is 0.545 e. The first-order chi connectivity index (χ1) is 5.52. The van der Waals surface area contributed by atoms with Crippen LogP contribution in [-0.2, 0) is 0 Å². The van der Waals surface area contributed by atoms with Gasteiger partial charge in [-0.15, -0.1) is 0 Å². The molecule has 0 saturated carbocycles. The molecule has 0 bridgehead atoms. The van der Waals surface area contributed by atoms with E-state index in [2.05, 4.69) is 0 Å². The van der Waals surface area contributed by atoms with E-state index in [0.717, 1.165) is 0 Å². The van der Waals surface area contributed by atoms with Crippen molar-refractivity contribution in [3.05, 3.63) is 23.3 Å². The van der Waals surface area contributed by atoms with Crippen molar-refractivity contribution < 1.29 is 61.3 Å². The van der Waals surface area contributed by atoms with E-state index in [-0.39, 0.29) is 56.9 Å². The van der Waals surface area contributed by atoms with Gasteiger partial charge >= 0.3 is 51.4 Å². The van der Waals surface area contributed by atoms with Gasteiger partial charge in [-0.05, 0) is 24.6 Å². The number of nitrogen functional groups attached to an aromatic ring is 2. The predicted molar refractivity (Wildman–Crippen MR) is 44.3 cm³/mol. The van der Waals surface area contributed by atoms with Crippen molar-refractivity contribution in [3.63, 3.8) is 0 Å². The molecule has 0 heterocycles. The van der Waals surface area contributed by atoms with Crippen molar-refractivity contribution >= 4 is 17.3 Å². The average Bonchev–Trinajstić information content (AvgIpc) is 1.96. The zero-order valence-corrected chi connectivity index (χ0v) is 10.7. The van der Waals surface area contributed by atoms with Crippen LogP contribution >= 0.6 is 0 Å². The number of benzene rings is 1. The second kappa shape index (κ2) is 4.97. The summed E-state index contributed by atoms with van der Waals surface area (Å²) in [5, 5.41) is 10.5. The third-order valence-corrected chi connectivity index (χ3v) is 1.69. The molecule has 0 atom stereocenters. The first kappa shape index (κ1) is 12.9. The van der Waals surface area contributed by atoms with Crippen LogP contribution in [0.5, 0.6) is 0 Å². The minimum Gasteiger partial charge on any atom is -0.545 e. The Labute approximate surface area is 119 Å². The van der Waals surface area contributed by atoms with Gasteiger partial charge in [0.25, 0.3) is 0 Å². The Kier molecular flexibility index (Phi) is 4.94. The van der Waals surface area contributed by atoms with Crippen molar-refractivity contribution in [1.82, 2.24) is 0 Å². The molecule has 1 aromatic rings. The van der Waals surface area contributed by atoms with E-state index in [0.29, 0.717) is 16.9 Å². The number of rotatable bonds is 1. The second-order valence-corrected chi connectivity index (χ2v) is 2.57. The minimum atomic E-state index is -1.26. The summed E-state index contributed by atoms with van der Waals surface area (Å²) in [4.78, 5) is 10.5. The predicted octanol–water partition coefficient (Wildman–Crippen LogP) is -3.47. The summed E-state index contributed by atoms with van der Waals surface area (Å²) in [5.41, 5.74) is 12.1. The molecule has 0 unspecified atom stereocenters. The van der Waals surface area contributed by atoms with Crippen LogP contribution < -0.4 is 68.0 Å². The van der Waals surface area contributed by atoms with Gasteiger partial charge in [0.1, 0.15) is 0 Å². The summed E-state index contributed by atoms with van der Waals surface area (Å²) >= 11 is 0. The molecule has 1 rings (SSSR count). The van der Waals surface area contributed by atoms with E-state index in [1.165, 1.54) is 12.1 Å². The maximum Gasteiger partial charge on any atom is 1.00 e. The molecule has 0 aliphatic rings. The number of hydrogen-bond donors (Lipinski definition) is 2. The van der Waals surface area contributed by atoms with E-state index in [9.17, 15) is 9.90 Å². The fraction of sp³-hybridized carbons (Fsp3) is 0.125. The molecule has 4 N–H and O–H groups in total. The SMILES string of the molecule is Cc1c(N)cc(N)cc1C(=O)[O-].[K+]. The molecular weight excluding hydrogens is 195 g/mol. The number of anilines is 2. The van der Waals surface area contributed by atoms with Gasteiger partial charge in [0, 0.05) is 16.9 Å². The number of hydrogen-bond acceptors (Lipinski definition) is 4. The normalized spacial score (nSPS) is 9.00. The summed E-state index contributed by atoms with van der Waals surface area (Å²) in [7, 11) is 0. The molecule has 1 aromatic carbocycles. The van der Waals surface area contributed by atoms with E-state index in [1.807, 2.05) is 0 Å². The van der Waals surface area contributed by atoms with Crippen LogP contribution in [0.3, 0.4) is 0 Å². The molecule has 0 spiro atoms. The second-order valence-electron chi connectivity index (χ2n) is 2.57. The van der Waals surface area contributed by atoms with Gasteiger partial charge in [-0.25, -0.2) is 0 Å². The molecule has 4 nitrogen and oxygen atoms in total. The largest absolute Gasteiger partial charge is 1.00 e. The molecule has 13 heavy (non-hydrogen) atoms. The Balaban J connectivity index is 0.00000144. The van der Waals surface area contributed by atoms with Gasteiger partial charge in [0.15, 0.2) is 0 Å². The van der Waals surface area contributed by atoms with Crippen LogP contribution in [0.1, 0.15) is 15.9 Å². The Morgan fingerprint density at radius 3 is 2.38 bits per heavy atom. The van der Waals surface area contributed by atoms with Gasteiger partial charge in [0.05, 0.1) is 5.97 Å². The van der Waals surface area contributed by atoms with Gasteiger partial charge in [-0.2, -0.15) is 0 Å². The first-order valence-corrected chi connectivity index (χ1v) is 3.39. The van der Waals surface area contributed by atoms with Gasteiger partial charge in [-0.1, -0.05) is 0 Å². The molecule has 0 aliphatic heterocycles.